The van der Waals surface area contributed by atoms with Crippen LogP contribution in [0.5, 0.6) is 0 Å². The van der Waals surface area contributed by atoms with Crippen molar-refractivity contribution in [2.75, 3.05) is 0 Å². The summed E-state index contributed by atoms with van der Waals surface area (Å²) in [5.41, 5.74) is 4.50. The van der Waals surface area contributed by atoms with E-state index in [1.54, 1.807) is 12.1 Å². The molecular formula is C15H19Cl2N3S. The zero-order valence-electron chi connectivity index (χ0n) is 12.0. The number of hydrazone groups is 1. The Morgan fingerprint density at radius 1 is 1.24 bits per heavy atom. The van der Waals surface area contributed by atoms with Gasteiger partial charge in [0.1, 0.15) is 0 Å². The topological polar surface area (TPSA) is 36.4 Å². The van der Waals surface area contributed by atoms with Crippen LogP contribution in [0.25, 0.3) is 0 Å². The van der Waals surface area contributed by atoms with Gasteiger partial charge in [0.15, 0.2) is 5.11 Å². The lowest BCUT2D eigenvalue weighted by atomic mass is 9.96. The van der Waals surface area contributed by atoms with Crippen LogP contribution in [0.3, 0.4) is 0 Å². The summed E-state index contributed by atoms with van der Waals surface area (Å²) in [4.78, 5) is 0. The monoisotopic (exact) mass is 343 g/mol. The van der Waals surface area contributed by atoms with E-state index < -0.39 is 0 Å². The number of hydrogen-bond donors (Lipinski definition) is 2. The van der Waals surface area contributed by atoms with Crippen molar-refractivity contribution in [3.05, 3.63) is 33.8 Å². The second kappa shape index (κ2) is 7.97. The molecule has 21 heavy (non-hydrogen) atoms. The number of nitrogens with zero attached hydrogens (tertiary/aromatic N) is 1. The van der Waals surface area contributed by atoms with E-state index in [4.69, 9.17) is 35.4 Å². The van der Waals surface area contributed by atoms with Crippen LogP contribution in [0.15, 0.2) is 23.3 Å². The van der Waals surface area contributed by atoms with Crippen LogP contribution in [0.1, 0.15) is 44.6 Å². The lowest BCUT2D eigenvalue weighted by Crippen LogP contribution is -2.41. The van der Waals surface area contributed by atoms with Gasteiger partial charge in [-0.1, -0.05) is 48.5 Å². The van der Waals surface area contributed by atoms with E-state index in [0.717, 1.165) is 11.3 Å². The number of nitrogens with one attached hydrogen (secondary N) is 2. The summed E-state index contributed by atoms with van der Waals surface area (Å²) < 4.78 is 0. The molecule has 0 amide bonds. The molecular weight excluding hydrogens is 325 g/mol. The van der Waals surface area contributed by atoms with Crippen LogP contribution < -0.4 is 10.7 Å². The highest BCUT2D eigenvalue weighted by molar-refractivity contribution is 7.80. The molecule has 1 aliphatic carbocycles. The molecule has 0 unspecified atom stereocenters. The second-order valence-electron chi connectivity index (χ2n) is 5.24. The van der Waals surface area contributed by atoms with Gasteiger partial charge in [-0.3, -0.25) is 5.43 Å². The third-order valence-electron chi connectivity index (χ3n) is 3.59. The summed E-state index contributed by atoms with van der Waals surface area (Å²) >= 11 is 17.3. The number of halogens is 2. The first-order valence-corrected chi connectivity index (χ1v) is 8.29. The van der Waals surface area contributed by atoms with Crippen LogP contribution in [-0.4, -0.2) is 16.9 Å². The Hall–Kier alpha value is -0.840. The van der Waals surface area contributed by atoms with E-state index in [-0.39, 0.29) is 0 Å². The van der Waals surface area contributed by atoms with Gasteiger partial charge in [0.05, 0.1) is 10.7 Å². The number of benzene rings is 1. The first-order valence-electron chi connectivity index (χ1n) is 7.12. The van der Waals surface area contributed by atoms with E-state index >= 15 is 0 Å². The van der Waals surface area contributed by atoms with Crippen molar-refractivity contribution in [3.63, 3.8) is 0 Å². The molecule has 1 aromatic rings. The van der Waals surface area contributed by atoms with Gasteiger partial charge in [0, 0.05) is 16.6 Å². The molecule has 2 N–H and O–H groups in total. The average Bonchev–Trinajstić information content (AvgIpc) is 2.46. The minimum absolute atomic E-state index is 0.466. The van der Waals surface area contributed by atoms with Crippen molar-refractivity contribution < 1.29 is 0 Å². The molecule has 0 atom stereocenters. The Morgan fingerprint density at radius 2 is 1.95 bits per heavy atom. The van der Waals surface area contributed by atoms with Gasteiger partial charge >= 0.3 is 0 Å². The minimum Gasteiger partial charge on any atom is -0.359 e. The van der Waals surface area contributed by atoms with Crippen molar-refractivity contribution in [1.82, 2.24) is 10.7 Å². The molecule has 0 heterocycles. The molecule has 6 heteroatoms. The molecule has 3 nitrogen and oxygen atoms in total. The maximum absolute atomic E-state index is 6.15. The van der Waals surface area contributed by atoms with Gasteiger partial charge in [0.25, 0.3) is 0 Å². The Balaban J connectivity index is 1.91. The Labute approximate surface area is 141 Å². The maximum atomic E-state index is 6.15. The van der Waals surface area contributed by atoms with E-state index in [0.29, 0.717) is 21.2 Å². The molecule has 1 fully saturated rings. The second-order valence-corrected chi connectivity index (χ2v) is 6.49. The largest absolute Gasteiger partial charge is 0.359 e. The summed E-state index contributed by atoms with van der Waals surface area (Å²) in [6.07, 6.45) is 6.21. The summed E-state index contributed by atoms with van der Waals surface area (Å²) in [6.45, 7) is 1.88. The molecule has 114 valence electrons. The van der Waals surface area contributed by atoms with Crippen LogP contribution >= 0.6 is 35.4 Å². The summed E-state index contributed by atoms with van der Waals surface area (Å²) in [5.74, 6) is 0. The van der Waals surface area contributed by atoms with Gasteiger partial charge < -0.3 is 5.32 Å². The number of hydrogen-bond acceptors (Lipinski definition) is 2. The highest BCUT2D eigenvalue weighted by Gasteiger charge is 2.13. The minimum atomic E-state index is 0.466. The first kappa shape index (κ1) is 16.5. The third kappa shape index (κ3) is 5.13. The SMILES string of the molecule is C/C(=N/NC(=S)NC1CCCCC1)c1ccc(Cl)cc1Cl. The van der Waals surface area contributed by atoms with E-state index in [1.807, 2.05) is 13.0 Å². The van der Waals surface area contributed by atoms with Gasteiger partial charge in [-0.15, -0.1) is 0 Å². The lowest BCUT2D eigenvalue weighted by molar-refractivity contribution is 0.412. The predicted octanol–water partition coefficient (Wildman–Crippen LogP) is 4.51. The fourth-order valence-corrected chi connectivity index (χ4v) is 3.20. The van der Waals surface area contributed by atoms with Crippen LogP contribution in [0, 0.1) is 0 Å². The van der Waals surface area contributed by atoms with Crippen LogP contribution in [0.4, 0.5) is 0 Å². The van der Waals surface area contributed by atoms with Gasteiger partial charge in [-0.2, -0.15) is 5.10 Å². The molecule has 1 saturated carbocycles. The van der Waals surface area contributed by atoms with Gasteiger partial charge in [0.2, 0.25) is 0 Å². The normalized spacial score (nSPS) is 16.6. The predicted molar refractivity (Wildman–Crippen MR) is 94.4 cm³/mol. The highest BCUT2D eigenvalue weighted by atomic mass is 35.5. The molecule has 0 spiro atoms. The highest BCUT2D eigenvalue weighted by Crippen LogP contribution is 2.21. The van der Waals surface area contributed by atoms with Crippen LogP contribution in [0.2, 0.25) is 10.0 Å². The summed E-state index contributed by atoms with van der Waals surface area (Å²) in [5, 5.41) is 9.35. The van der Waals surface area contributed by atoms with Crippen molar-refractivity contribution >= 4 is 46.2 Å². The lowest BCUT2D eigenvalue weighted by Gasteiger charge is -2.23. The summed E-state index contributed by atoms with van der Waals surface area (Å²) in [6, 6.07) is 5.81. The van der Waals surface area contributed by atoms with E-state index in [2.05, 4.69) is 15.8 Å². The number of thiocarbonyl (C=S) groups is 1. The molecule has 0 radical (unpaired) electrons. The van der Waals surface area contributed by atoms with E-state index in [1.165, 1.54) is 32.1 Å². The Morgan fingerprint density at radius 3 is 2.62 bits per heavy atom. The third-order valence-corrected chi connectivity index (χ3v) is 4.34. The molecule has 0 aliphatic heterocycles. The Bertz CT molecular complexity index is 540. The van der Waals surface area contributed by atoms with Crippen molar-refractivity contribution in [2.45, 2.75) is 45.1 Å². The molecule has 2 rings (SSSR count). The average molecular weight is 344 g/mol. The number of rotatable bonds is 3. The van der Waals surface area contributed by atoms with Gasteiger partial charge in [-0.05, 0) is 44.1 Å². The molecule has 0 saturated heterocycles. The van der Waals surface area contributed by atoms with Crippen molar-refractivity contribution in [2.24, 2.45) is 5.10 Å². The van der Waals surface area contributed by atoms with Crippen molar-refractivity contribution in [3.8, 4) is 0 Å². The fourth-order valence-electron chi connectivity index (χ4n) is 2.44. The first-order chi connectivity index (χ1) is 10.1. The molecule has 1 aliphatic rings. The van der Waals surface area contributed by atoms with Crippen molar-refractivity contribution in [1.29, 1.82) is 0 Å². The zero-order valence-corrected chi connectivity index (χ0v) is 14.3. The zero-order chi connectivity index (χ0) is 15.2. The smallest absolute Gasteiger partial charge is 0.187 e. The van der Waals surface area contributed by atoms with Crippen LogP contribution in [-0.2, 0) is 0 Å². The quantitative estimate of drug-likeness (QED) is 0.481. The fraction of sp³-hybridized carbons (Fsp3) is 0.467. The van der Waals surface area contributed by atoms with Gasteiger partial charge in [-0.25, -0.2) is 0 Å². The molecule has 0 bridgehead atoms. The standard InChI is InChI=1S/C15H19Cl2N3S/c1-10(13-8-7-11(16)9-14(13)17)19-20-15(21)18-12-5-3-2-4-6-12/h7-9,12H,2-6H2,1H3,(H2,18,20,21)/b19-10-. The molecule has 0 aromatic heterocycles. The summed E-state index contributed by atoms with van der Waals surface area (Å²) in [7, 11) is 0. The maximum Gasteiger partial charge on any atom is 0.187 e. The Kier molecular flexibility index (Phi) is 6.27. The van der Waals surface area contributed by atoms with E-state index in [9.17, 15) is 0 Å². The molecule has 1 aromatic carbocycles.